The summed E-state index contributed by atoms with van der Waals surface area (Å²) in [6.45, 7) is 3.42. The number of benzene rings is 1. The van der Waals surface area contributed by atoms with Crippen LogP contribution >= 0.6 is 11.6 Å². The molecular formula is C13H18ClN3O2. The van der Waals surface area contributed by atoms with Crippen molar-refractivity contribution in [2.75, 3.05) is 18.0 Å². The predicted molar refractivity (Wildman–Crippen MR) is 76.7 cm³/mol. The van der Waals surface area contributed by atoms with Gasteiger partial charge in [-0.2, -0.15) is 0 Å². The lowest BCUT2D eigenvalue weighted by Gasteiger charge is -2.39. The molecule has 1 saturated heterocycles. The van der Waals surface area contributed by atoms with Crippen molar-refractivity contribution >= 4 is 23.0 Å². The smallest absolute Gasteiger partial charge is 0.294 e. The zero-order valence-corrected chi connectivity index (χ0v) is 11.6. The lowest BCUT2D eigenvalue weighted by atomic mass is 9.92. The molecule has 2 unspecified atom stereocenters. The molecule has 2 rings (SSSR count). The third-order valence-corrected chi connectivity index (χ3v) is 4.00. The largest absolute Gasteiger partial charge is 0.360 e. The van der Waals surface area contributed by atoms with Crippen LogP contribution in [0.2, 0.25) is 5.02 Å². The molecule has 0 radical (unpaired) electrons. The highest BCUT2D eigenvalue weighted by Gasteiger charge is 2.31. The molecule has 1 heterocycles. The Balaban J connectivity index is 2.42. The van der Waals surface area contributed by atoms with Crippen LogP contribution in [-0.4, -0.2) is 24.1 Å². The number of nitrogens with two attached hydrogens (primary N) is 1. The van der Waals surface area contributed by atoms with Gasteiger partial charge >= 0.3 is 0 Å². The number of anilines is 1. The van der Waals surface area contributed by atoms with Crippen LogP contribution < -0.4 is 10.6 Å². The van der Waals surface area contributed by atoms with Gasteiger partial charge in [0, 0.05) is 25.2 Å². The molecule has 19 heavy (non-hydrogen) atoms. The SMILES string of the molecule is CC1CCN(c2c(Cl)cccc2[N+](=O)[O-])C(CN)C1. The minimum Gasteiger partial charge on any atom is -0.360 e. The maximum atomic E-state index is 11.2. The van der Waals surface area contributed by atoms with E-state index in [1.807, 2.05) is 4.90 Å². The average molecular weight is 284 g/mol. The molecule has 1 aromatic rings. The van der Waals surface area contributed by atoms with Gasteiger partial charge in [-0.15, -0.1) is 0 Å². The monoisotopic (exact) mass is 283 g/mol. The molecule has 6 heteroatoms. The van der Waals surface area contributed by atoms with E-state index in [2.05, 4.69) is 6.92 Å². The van der Waals surface area contributed by atoms with E-state index >= 15 is 0 Å². The molecule has 2 N–H and O–H groups in total. The van der Waals surface area contributed by atoms with Crippen LogP contribution in [0.4, 0.5) is 11.4 Å². The molecule has 1 aliphatic rings. The molecule has 0 spiro atoms. The Bertz CT molecular complexity index is 481. The molecule has 104 valence electrons. The normalized spacial score (nSPS) is 23.4. The zero-order chi connectivity index (χ0) is 14.0. The summed E-state index contributed by atoms with van der Waals surface area (Å²) in [7, 11) is 0. The number of para-hydroxylation sites is 1. The maximum Gasteiger partial charge on any atom is 0.294 e. The van der Waals surface area contributed by atoms with Gasteiger partial charge in [-0.3, -0.25) is 10.1 Å². The van der Waals surface area contributed by atoms with Gasteiger partial charge in [0.05, 0.1) is 9.95 Å². The van der Waals surface area contributed by atoms with Gasteiger partial charge in [0.1, 0.15) is 5.69 Å². The second kappa shape index (κ2) is 5.75. The third kappa shape index (κ3) is 2.82. The van der Waals surface area contributed by atoms with E-state index < -0.39 is 0 Å². The lowest BCUT2D eigenvalue weighted by Crippen LogP contribution is -2.46. The Morgan fingerprint density at radius 1 is 1.58 bits per heavy atom. The summed E-state index contributed by atoms with van der Waals surface area (Å²) in [5, 5.41) is 11.6. The van der Waals surface area contributed by atoms with E-state index in [0.29, 0.717) is 23.2 Å². The van der Waals surface area contributed by atoms with Crippen molar-refractivity contribution in [2.45, 2.75) is 25.8 Å². The first-order valence-electron chi connectivity index (χ1n) is 6.44. The van der Waals surface area contributed by atoms with E-state index in [9.17, 15) is 10.1 Å². The standard InChI is InChI=1S/C13H18ClN3O2/c1-9-5-6-16(10(7-9)8-15)13-11(14)3-2-4-12(13)17(18)19/h2-4,9-10H,5-8,15H2,1H3. The fraction of sp³-hybridized carbons (Fsp3) is 0.538. The first-order valence-corrected chi connectivity index (χ1v) is 6.82. The number of nitro benzene ring substituents is 1. The van der Waals surface area contributed by atoms with Gasteiger partial charge in [0.15, 0.2) is 0 Å². The third-order valence-electron chi connectivity index (χ3n) is 3.70. The molecular weight excluding hydrogens is 266 g/mol. The van der Waals surface area contributed by atoms with Crippen LogP contribution in [0.15, 0.2) is 18.2 Å². The summed E-state index contributed by atoms with van der Waals surface area (Å²) >= 11 is 6.18. The number of rotatable bonds is 3. The van der Waals surface area contributed by atoms with Crippen LogP contribution in [-0.2, 0) is 0 Å². The van der Waals surface area contributed by atoms with Gasteiger partial charge in [-0.05, 0) is 24.8 Å². The number of hydrogen-bond donors (Lipinski definition) is 1. The second-order valence-electron chi connectivity index (χ2n) is 5.08. The number of halogens is 1. The molecule has 2 atom stereocenters. The van der Waals surface area contributed by atoms with Gasteiger partial charge in [-0.25, -0.2) is 0 Å². The van der Waals surface area contributed by atoms with Crippen molar-refractivity contribution in [2.24, 2.45) is 11.7 Å². The van der Waals surface area contributed by atoms with E-state index in [1.165, 1.54) is 6.07 Å². The molecule has 1 aliphatic heterocycles. The van der Waals surface area contributed by atoms with Crippen LogP contribution in [0.3, 0.4) is 0 Å². The van der Waals surface area contributed by atoms with Gasteiger partial charge in [0.25, 0.3) is 5.69 Å². The summed E-state index contributed by atoms with van der Waals surface area (Å²) in [6, 6.07) is 4.90. The highest BCUT2D eigenvalue weighted by Crippen LogP contribution is 2.39. The van der Waals surface area contributed by atoms with E-state index in [1.54, 1.807) is 12.1 Å². The average Bonchev–Trinajstić information content (AvgIpc) is 2.38. The van der Waals surface area contributed by atoms with Gasteiger partial charge in [-0.1, -0.05) is 24.6 Å². The molecule has 1 aromatic carbocycles. The number of piperidine rings is 1. The van der Waals surface area contributed by atoms with Crippen LogP contribution in [0, 0.1) is 16.0 Å². The Hall–Kier alpha value is -1.33. The predicted octanol–water partition coefficient (Wildman–Crippen LogP) is 2.81. The van der Waals surface area contributed by atoms with E-state index in [-0.39, 0.29) is 16.7 Å². The zero-order valence-electron chi connectivity index (χ0n) is 10.9. The minimum atomic E-state index is -0.382. The second-order valence-corrected chi connectivity index (χ2v) is 5.48. The molecule has 1 fully saturated rings. The van der Waals surface area contributed by atoms with Crippen molar-refractivity contribution in [1.29, 1.82) is 0 Å². The summed E-state index contributed by atoms with van der Waals surface area (Å²) in [5.74, 6) is 0.589. The molecule has 0 aliphatic carbocycles. The highest BCUT2D eigenvalue weighted by atomic mass is 35.5. The fourth-order valence-corrected chi connectivity index (χ4v) is 2.98. The number of hydrogen-bond acceptors (Lipinski definition) is 4. The molecule has 0 amide bonds. The van der Waals surface area contributed by atoms with Gasteiger partial charge < -0.3 is 10.6 Å². The molecule has 0 bridgehead atoms. The summed E-state index contributed by atoms with van der Waals surface area (Å²) in [6.07, 6.45) is 1.94. The lowest BCUT2D eigenvalue weighted by molar-refractivity contribution is -0.384. The topological polar surface area (TPSA) is 72.4 Å². The van der Waals surface area contributed by atoms with Crippen molar-refractivity contribution < 1.29 is 4.92 Å². The fourth-order valence-electron chi connectivity index (χ4n) is 2.71. The van der Waals surface area contributed by atoms with E-state index in [0.717, 1.165) is 19.4 Å². The Kier molecular flexibility index (Phi) is 4.27. The molecule has 5 nitrogen and oxygen atoms in total. The van der Waals surface area contributed by atoms with Crippen LogP contribution in [0.5, 0.6) is 0 Å². The number of nitro groups is 1. The first-order chi connectivity index (χ1) is 9.04. The summed E-state index contributed by atoms with van der Waals surface area (Å²) < 4.78 is 0. The minimum absolute atomic E-state index is 0.0560. The Labute approximate surface area is 117 Å². The van der Waals surface area contributed by atoms with Crippen molar-refractivity contribution in [3.63, 3.8) is 0 Å². The summed E-state index contributed by atoms with van der Waals surface area (Å²) in [4.78, 5) is 12.8. The highest BCUT2D eigenvalue weighted by molar-refractivity contribution is 6.33. The van der Waals surface area contributed by atoms with E-state index in [4.69, 9.17) is 17.3 Å². The van der Waals surface area contributed by atoms with Crippen molar-refractivity contribution in [3.8, 4) is 0 Å². The Morgan fingerprint density at radius 3 is 2.95 bits per heavy atom. The van der Waals surface area contributed by atoms with Crippen molar-refractivity contribution in [3.05, 3.63) is 33.3 Å². The quantitative estimate of drug-likeness (QED) is 0.684. The summed E-state index contributed by atoms with van der Waals surface area (Å²) in [5.41, 5.74) is 6.38. The Morgan fingerprint density at radius 2 is 2.32 bits per heavy atom. The number of nitrogens with zero attached hydrogens (tertiary/aromatic N) is 2. The van der Waals surface area contributed by atoms with Crippen LogP contribution in [0.1, 0.15) is 19.8 Å². The van der Waals surface area contributed by atoms with Gasteiger partial charge in [0.2, 0.25) is 0 Å². The molecule has 0 aromatic heterocycles. The van der Waals surface area contributed by atoms with Crippen LogP contribution in [0.25, 0.3) is 0 Å². The van der Waals surface area contributed by atoms with Crippen molar-refractivity contribution in [1.82, 2.24) is 0 Å². The first kappa shape index (κ1) is 14.1. The molecule has 0 saturated carbocycles. The maximum absolute atomic E-state index is 11.2.